The first-order valence-corrected chi connectivity index (χ1v) is 7.37. The SMILES string of the molecule is CCCCN1C(=O)C(O)=C(C(C)=O)[C@@H]1c1cccc([N+](=O)[O-])c1. The summed E-state index contributed by atoms with van der Waals surface area (Å²) < 4.78 is 0. The molecule has 122 valence electrons. The largest absolute Gasteiger partial charge is 0.503 e. The van der Waals surface area contributed by atoms with Gasteiger partial charge >= 0.3 is 0 Å². The summed E-state index contributed by atoms with van der Waals surface area (Å²) in [6.07, 6.45) is 1.54. The molecule has 7 heteroatoms. The molecule has 2 rings (SSSR count). The quantitative estimate of drug-likeness (QED) is 0.642. The van der Waals surface area contributed by atoms with Gasteiger partial charge in [0.05, 0.1) is 16.5 Å². The van der Waals surface area contributed by atoms with Gasteiger partial charge in [-0.2, -0.15) is 0 Å². The van der Waals surface area contributed by atoms with E-state index in [1.54, 1.807) is 6.07 Å². The van der Waals surface area contributed by atoms with Crippen LogP contribution in [0.5, 0.6) is 0 Å². The van der Waals surface area contributed by atoms with Crippen LogP contribution in [-0.2, 0) is 9.59 Å². The van der Waals surface area contributed by atoms with Gasteiger partial charge < -0.3 is 10.0 Å². The Morgan fingerprint density at radius 2 is 2.13 bits per heavy atom. The molecule has 0 radical (unpaired) electrons. The number of Topliss-reactive ketones (excluding diaryl/α,β-unsaturated/α-hetero) is 1. The third-order valence-electron chi connectivity index (χ3n) is 3.83. The van der Waals surface area contributed by atoms with Crippen molar-refractivity contribution in [2.24, 2.45) is 0 Å². The fourth-order valence-electron chi connectivity index (χ4n) is 2.73. The number of nitro benzene ring substituents is 1. The smallest absolute Gasteiger partial charge is 0.290 e. The van der Waals surface area contributed by atoms with Gasteiger partial charge in [0.15, 0.2) is 11.5 Å². The van der Waals surface area contributed by atoms with Gasteiger partial charge in [-0.15, -0.1) is 0 Å². The fourth-order valence-corrected chi connectivity index (χ4v) is 2.73. The first kappa shape index (κ1) is 16.7. The van der Waals surface area contributed by atoms with Crippen LogP contribution in [0.15, 0.2) is 35.6 Å². The van der Waals surface area contributed by atoms with E-state index in [2.05, 4.69) is 0 Å². The molecule has 0 aliphatic carbocycles. The number of amides is 1. The minimum absolute atomic E-state index is 0.00778. The van der Waals surface area contributed by atoms with Crippen LogP contribution in [-0.4, -0.2) is 33.2 Å². The second-order valence-corrected chi connectivity index (χ2v) is 5.43. The van der Waals surface area contributed by atoms with E-state index in [0.29, 0.717) is 18.5 Å². The van der Waals surface area contributed by atoms with Crippen LogP contribution in [0.25, 0.3) is 0 Å². The highest BCUT2D eigenvalue weighted by Crippen LogP contribution is 2.38. The number of unbranched alkanes of at least 4 members (excludes halogenated alkanes) is 1. The molecule has 7 nitrogen and oxygen atoms in total. The van der Waals surface area contributed by atoms with Gasteiger partial charge in [-0.05, 0) is 18.9 Å². The van der Waals surface area contributed by atoms with E-state index in [1.165, 1.54) is 30.0 Å². The number of hydrogen-bond donors (Lipinski definition) is 1. The summed E-state index contributed by atoms with van der Waals surface area (Å²) in [6, 6.07) is 5.01. The molecule has 1 aromatic carbocycles. The molecule has 0 fully saturated rings. The van der Waals surface area contributed by atoms with Gasteiger partial charge in [-0.3, -0.25) is 19.7 Å². The van der Waals surface area contributed by atoms with Crippen LogP contribution in [0.2, 0.25) is 0 Å². The van der Waals surface area contributed by atoms with Gasteiger partial charge in [0.2, 0.25) is 0 Å². The van der Waals surface area contributed by atoms with Crippen molar-refractivity contribution in [1.82, 2.24) is 4.90 Å². The van der Waals surface area contributed by atoms with Gasteiger partial charge in [0.25, 0.3) is 11.6 Å². The molecule has 1 aliphatic heterocycles. The lowest BCUT2D eigenvalue weighted by molar-refractivity contribution is -0.384. The van der Waals surface area contributed by atoms with Gasteiger partial charge in [0.1, 0.15) is 0 Å². The van der Waals surface area contributed by atoms with E-state index in [4.69, 9.17) is 0 Å². The van der Waals surface area contributed by atoms with Crippen LogP contribution in [0, 0.1) is 10.1 Å². The number of nitrogens with zero attached hydrogens (tertiary/aromatic N) is 2. The summed E-state index contributed by atoms with van der Waals surface area (Å²) in [5, 5.41) is 21.0. The van der Waals surface area contributed by atoms with Crippen molar-refractivity contribution in [1.29, 1.82) is 0 Å². The zero-order valence-electron chi connectivity index (χ0n) is 13.0. The molecule has 1 atom stereocenters. The van der Waals surface area contributed by atoms with Crippen LogP contribution < -0.4 is 0 Å². The number of nitro groups is 1. The predicted octanol–water partition coefficient (Wildman–Crippen LogP) is 2.68. The summed E-state index contributed by atoms with van der Waals surface area (Å²) in [4.78, 5) is 36.0. The van der Waals surface area contributed by atoms with E-state index >= 15 is 0 Å². The van der Waals surface area contributed by atoms with Gasteiger partial charge in [-0.1, -0.05) is 25.5 Å². The van der Waals surface area contributed by atoms with Crippen molar-refractivity contribution in [3.8, 4) is 0 Å². The number of carbonyl (C=O) groups excluding carboxylic acids is 2. The maximum Gasteiger partial charge on any atom is 0.290 e. The Morgan fingerprint density at radius 1 is 1.43 bits per heavy atom. The highest BCUT2D eigenvalue weighted by molar-refractivity contribution is 6.08. The molecule has 0 unspecified atom stereocenters. The topological polar surface area (TPSA) is 101 Å². The van der Waals surface area contributed by atoms with Crippen molar-refractivity contribution in [2.45, 2.75) is 32.7 Å². The molecule has 0 aromatic heterocycles. The highest BCUT2D eigenvalue weighted by atomic mass is 16.6. The number of non-ortho nitro benzene ring substituents is 1. The molecule has 0 spiro atoms. The van der Waals surface area contributed by atoms with Crippen LogP contribution in [0.1, 0.15) is 38.3 Å². The summed E-state index contributed by atoms with van der Waals surface area (Å²) >= 11 is 0. The number of benzene rings is 1. The fraction of sp³-hybridized carbons (Fsp3) is 0.375. The minimum atomic E-state index is -0.786. The Bertz CT molecular complexity index is 695. The Labute approximate surface area is 133 Å². The lowest BCUT2D eigenvalue weighted by Gasteiger charge is -2.26. The lowest BCUT2D eigenvalue weighted by atomic mass is 9.96. The van der Waals surface area contributed by atoms with Gasteiger partial charge in [0, 0.05) is 18.7 Å². The molecular formula is C16H18N2O5. The number of aliphatic hydroxyl groups is 1. The molecule has 1 aliphatic rings. The Hall–Kier alpha value is -2.70. The molecular weight excluding hydrogens is 300 g/mol. The minimum Gasteiger partial charge on any atom is -0.503 e. The van der Waals surface area contributed by atoms with Crippen molar-refractivity contribution in [2.75, 3.05) is 6.54 Å². The van der Waals surface area contributed by atoms with E-state index in [9.17, 15) is 24.8 Å². The maximum absolute atomic E-state index is 12.3. The van der Waals surface area contributed by atoms with E-state index in [0.717, 1.165) is 6.42 Å². The number of ketones is 1. The molecule has 23 heavy (non-hydrogen) atoms. The predicted molar refractivity (Wildman–Crippen MR) is 82.8 cm³/mol. The summed E-state index contributed by atoms with van der Waals surface area (Å²) in [5.74, 6) is -1.60. The molecule has 0 saturated carbocycles. The highest BCUT2D eigenvalue weighted by Gasteiger charge is 2.42. The maximum atomic E-state index is 12.3. The molecule has 1 heterocycles. The Balaban J connectivity index is 2.52. The number of rotatable bonds is 6. The first-order chi connectivity index (χ1) is 10.9. The van der Waals surface area contributed by atoms with Crippen LogP contribution in [0.4, 0.5) is 5.69 Å². The molecule has 1 aromatic rings. The van der Waals surface area contributed by atoms with Crippen LogP contribution >= 0.6 is 0 Å². The zero-order chi connectivity index (χ0) is 17.1. The van der Waals surface area contributed by atoms with Gasteiger partial charge in [-0.25, -0.2) is 0 Å². The third kappa shape index (κ3) is 3.08. The van der Waals surface area contributed by atoms with Crippen molar-refractivity contribution >= 4 is 17.4 Å². The van der Waals surface area contributed by atoms with E-state index in [-0.39, 0.29) is 11.3 Å². The van der Waals surface area contributed by atoms with Crippen molar-refractivity contribution < 1.29 is 19.6 Å². The Kier molecular flexibility index (Phi) is 4.78. The lowest BCUT2D eigenvalue weighted by Crippen LogP contribution is -2.31. The first-order valence-electron chi connectivity index (χ1n) is 7.37. The average Bonchev–Trinajstić information content (AvgIpc) is 2.77. The molecule has 0 bridgehead atoms. The van der Waals surface area contributed by atoms with E-state index < -0.39 is 28.4 Å². The summed E-state index contributed by atoms with van der Waals surface area (Å²) in [7, 11) is 0. The standard InChI is InChI=1S/C16H18N2O5/c1-3-4-8-17-14(13(10(2)19)15(20)16(17)21)11-6-5-7-12(9-11)18(22)23/h5-7,9,14,20H,3-4,8H2,1-2H3/t14-/m0/s1. The third-order valence-corrected chi connectivity index (χ3v) is 3.83. The second-order valence-electron chi connectivity index (χ2n) is 5.43. The zero-order valence-corrected chi connectivity index (χ0v) is 13.0. The number of carbonyl (C=O) groups is 2. The number of hydrogen-bond acceptors (Lipinski definition) is 5. The monoisotopic (exact) mass is 318 g/mol. The second kappa shape index (κ2) is 6.60. The van der Waals surface area contributed by atoms with Crippen LogP contribution in [0.3, 0.4) is 0 Å². The molecule has 1 N–H and O–H groups in total. The molecule has 1 amide bonds. The van der Waals surface area contributed by atoms with Crippen molar-refractivity contribution in [3.63, 3.8) is 0 Å². The molecule has 0 saturated heterocycles. The summed E-state index contributed by atoms with van der Waals surface area (Å²) in [6.45, 7) is 3.60. The number of aliphatic hydroxyl groups excluding tert-OH is 1. The van der Waals surface area contributed by atoms with Crippen molar-refractivity contribution in [3.05, 3.63) is 51.3 Å². The van der Waals surface area contributed by atoms with E-state index in [1.807, 2.05) is 6.92 Å². The Morgan fingerprint density at radius 3 is 2.70 bits per heavy atom. The normalized spacial score (nSPS) is 17.7. The summed E-state index contributed by atoms with van der Waals surface area (Å²) in [5.41, 5.74) is 0.309. The average molecular weight is 318 g/mol.